The van der Waals surface area contributed by atoms with Crippen LogP contribution < -0.4 is 5.73 Å². The standard InChI is InChI=1S/C17H25N3O4S/c1-10(21)12-13-11(6-3-2-4-7-18)15(25-9-5-8-19)14(17(23)24)20(13)16(12)22/h10-13,21H,2-7,9,18H2,1H3,(H,23,24)/t10-,11-,12-,13-/m1/s1. The van der Waals surface area contributed by atoms with E-state index in [-0.39, 0.29) is 23.6 Å². The number of nitriles is 1. The molecule has 8 heteroatoms. The number of aliphatic carboxylic acids is 1. The molecule has 0 aliphatic carbocycles. The summed E-state index contributed by atoms with van der Waals surface area (Å²) in [6.45, 7) is 2.20. The summed E-state index contributed by atoms with van der Waals surface area (Å²) in [5.41, 5.74) is 5.57. The highest BCUT2D eigenvalue weighted by Gasteiger charge is 2.60. The molecule has 7 nitrogen and oxygen atoms in total. The van der Waals surface area contributed by atoms with Crippen molar-refractivity contribution in [1.29, 1.82) is 5.26 Å². The predicted molar refractivity (Wildman–Crippen MR) is 94.2 cm³/mol. The van der Waals surface area contributed by atoms with Gasteiger partial charge in [0, 0.05) is 23.0 Å². The molecule has 2 heterocycles. The predicted octanol–water partition coefficient (Wildman–Crippen LogP) is 1.29. The van der Waals surface area contributed by atoms with Gasteiger partial charge in [-0.25, -0.2) is 4.79 Å². The molecule has 0 unspecified atom stereocenters. The van der Waals surface area contributed by atoms with Crippen LogP contribution in [0.15, 0.2) is 10.6 Å². The Labute approximate surface area is 151 Å². The van der Waals surface area contributed by atoms with Gasteiger partial charge in [-0.2, -0.15) is 5.26 Å². The van der Waals surface area contributed by atoms with Gasteiger partial charge in [-0.05, 0) is 26.3 Å². The van der Waals surface area contributed by atoms with Crippen LogP contribution in [0, 0.1) is 23.2 Å². The Kier molecular flexibility index (Phi) is 6.87. The number of fused-ring (bicyclic) bond motifs is 1. The van der Waals surface area contributed by atoms with E-state index in [1.165, 1.54) is 16.7 Å². The first-order valence-corrected chi connectivity index (χ1v) is 9.62. The summed E-state index contributed by atoms with van der Waals surface area (Å²) in [5.74, 6) is -1.59. The zero-order valence-electron chi connectivity index (χ0n) is 14.4. The van der Waals surface area contributed by atoms with Gasteiger partial charge in [0.1, 0.15) is 5.70 Å². The Hall–Kier alpha value is -1.56. The van der Waals surface area contributed by atoms with Gasteiger partial charge >= 0.3 is 5.97 Å². The molecule has 1 fully saturated rings. The molecular weight excluding hydrogens is 342 g/mol. The topological polar surface area (TPSA) is 128 Å². The molecule has 0 bridgehead atoms. The quantitative estimate of drug-likeness (QED) is 0.392. The molecule has 0 aromatic carbocycles. The Morgan fingerprint density at radius 1 is 1.44 bits per heavy atom. The highest BCUT2D eigenvalue weighted by molar-refractivity contribution is 8.03. The SMILES string of the molecule is C[C@@H](O)[C@H]1C(=O)N2C(C(=O)O)=C(SCCC#N)[C@H](CCCCCN)[C@H]12. The number of hydrogen-bond acceptors (Lipinski definition) is 6. The largest absolute Gasteiger partial charge is 0.477 e. The Balaban J connectivity index is 2.26. The number of aliphatic hydroxyl groups excluding tert-OH is 1. The van der Waals surface area contributed by atoms with Gasteiger partial charge < -0.3 is 20.8 Å². The van der Waals surface area contributed by atoms with Gasteiger partial charge in [0.2, 0.25) is 5.91 Å². The molecule has 0 spiro atoms. The molecule has 2 aliphatic heterocycles. The number of carboxylic acid groups (broad SMARTS) is 1. The minimum Gasteiger partial charge on any atom is -0.477 e. The second-order valence-corrected chi connectivity index (χ2v) is 7.62. The highest BCUT2D eigenvalue weighted by atomic mass is 32.2. The number of nitrogens with zero attached hydrogens (tertiary/aromatic N) is 2. The lowest BCUT2D eigenvalue weighted by atomic mass is 9.77. The van der Waals surface area contributed by atoms with E-state index in [4.69, 9.17) is 11.0 Å². The van der Waals surface area contributed by atoms with E-state index in [9.17, 15) is 19.8 Å². The first kappa shape index (κ1) is 19.8. The van der Waals surface area contributed by atoms with Crippen LogP contribution >= 0.6 is 11.8 Å². The molecule has 4 N–H and O–H groups in total. The Bertz CT molecular complexity index is 599. The van der Waals surface area contributed by atoms with Crippen molar-refractivity contribution in [1.82, 2.24) is 4.90 Å². The maximum atomic E-state index is 12.4. The van der Waals surface area contributed by atoms with E-state index in [0.717, 1.165) is 25.7 Å². The van der Waals surface area contributed by atoms with Crippen LogP contribution in [-0.4, -0.2) is 51.4 Å². The summed E-state index contributed by atoms with van der Waals surface area (Å²) in [4.78, 5) is 26.2. The fourth-order valence-corrected chi connectivity index (χ4v) is 4.95. The molecular formula is C17H25N3O4S. The van der Waals surface area contributed by atoms with Crippen molar-refractivity contribution < 1.29 is 19.8 Å². The van der Waals surface area contributed by atoms with Crippen molar-refractivity contribution in [2.24, 2.45) is 17.6 Å². The van der Waals surface area contributed by atoms with Gasteiger partial charge in [-0.1, -0.05) is 12.8 Å². The van der Waals surface area contributed by atoms with Crippen LogP contribution in [-0.2, 0) is 9.59 Å². The number of hydrogen-bond donors (Lipinski definition) is 3. The maximum Gasteiger partial charge on any atom is 0.353 e. The number of carbonyl (C=O) groups is 2. The molecule has 0 radical (unpaired) electrons. The van der Waals surface area contributed by atoms with E-state index >= 15 is 0 Å². The summed E-state index contributed by atoms with van der Waals surface area (Å²) in [5, 5.41) is 28.3. The number of amides is 1. The molecule has 138 valence electrons. The monoisotopic (exact) mass is 367 g/mol. The van der Waals surface area contributed by atoms with Crippen molar-refractivity contribution in [3.05, 3.63) is 10.6 Å². The van der Waals surface area contributed by atoms with Crippen molar-refractivity contribution in [3.8, 4) is 6.07 Å². The lowest BCUT2D eigenvalue weighted by molar-refractivity contribution is -0.163. The van der Waals surface area contributed by atoms with Crippen molar-refractivity contribution in [2.45, 2.75) is 51.2 Å². The fourth-order valence-electron chi connectivity index (χ4n) is 3.74. The van der Waals surface area contributed by atoms with Crippen LogP contribution in [0.4, 0.5) is 0 Å². The minimum atomic E-state index is -1.12. The van der Waals surface area contributed by atoms with Crippen LogP contribution in [0.1, 0.15) is 39.0 Å². The molecule has 0 aromatic rings. The van der Waals surface area contributed by atoms with Gasteiger partial charge in [0.15, 0.2) is 0 Å². The highest BCUT2D eigenvalue weighted by Crippen LogP contribution is 2.52. The van der Waals surface area contributed by atoms with Crippen LogP contribution in [0.25, 0.3) is 0 Å². The van der Waals surface area contributed by atoms with Crippen molar-refractivity contribution in [2.75, 3.05) is 12.3 Å². The van der Waals surface area contributed by atoms with Gasteiger partial charge in [0.05, 0.1) is 24.1 Å². The van der Waals surface area contributed by atoms with Crippen LogP contribution in [0.5, 0.6) is 0 Å². The third-order valence-electron chi connectivity index (χ3n) is 4.82. The molecule has 25 heavy (non-hydrogen) atoms. The minimum absolute atomic E-state index is 0.0404. The maximum absolute atomic E-state index is 12.4. The second-order valence-electron chi connectivity index (χ2n) is 6.48. The van der Waals surface area contributed by atoms with E-state index in [2.05, 4.69) is 6.07 Å². The molecule has 1 amide bonds. The van der Waals surface area contributed by atoms with Gasteiger partial charge in [-0.3, -0.25) is 4.79 Å². The fraction of sp³-hybridized carbons (Fsp3) is 0.706. The normalized spacial score (nSPS) is 26.2. The zero-order chi connectivity index (χ0) is 18.6. The number of nitrogens with two attached hydrogens (primary N) is 1. The lowest BCUT2D eigenvalue weighted by Crippen LogP contribution is -2.63. The molecule has 2 rings (SSSR count). The number of thioether (sulfide) groups is 1. The summed E-state index contributed by atoms with van der Waals surface area (Å²) in [7, 11) is 0. The smallest absolute Gasteiger partial charge is 0.353 e. The number of carbonyl (C=O) groups excluding carboxylic acids is 1. The van der Waals surface area contributed by atoms with Gasteiger partial charge in [0.25, 0.3) is 0 Å². The summed E-state index contributed by atoms with van der Waals surface area (Å²) >= 11 is 1.36. The lowest BCUT2D eigenvalue weighted by Gasteiger charge is -2.47. The Morgan fingerprint density at radius 2 is 2.16 bits per heavy atom. The number of unbranched alkanes of at least 4 members (excludes halogenated alkanes) is 2. The van der Waals surface area contributed by atoms with Crippen LogP contribution in [0.3, 0.4) is 0 Å². The average Bonchev–Trinajstić information content (AvgIpc) is 2.82. The number of aliphatic hydroxyl groups is 1. The van der Waals surface area contributed by atoms with Gasteiger partial charge in [-0.15, -0.1) is 11.8 Å². The summed E-state index contributed by atoms with van der Waals surface area (Å²) in [6, 6.07) is 1.77. The molecule has 4 atom stereocenters. The number of β-lactam (4-membered cyclic amide) rings is 1. The summed E-state index contributed by atoms with van der Waals surface area (Å²) < 4.78 is 0. The average molecular weight is 367 g/mol. The number of rotatable bonds is 10. The Morgan fingerprint density at radius 3 is 2.72 bits per heavy atom. The van der Waals surface area contributed by atoms with E-state index < -0.39 is 18.0 Å². The zero-order valence-corrected chi connectivity index (χ0v) is 15.2. The third-order valence-corrected chi connectivity index (χ3v) is 6.04. The van der Waals surface area contributed by atoms with E-state index in [1.54, 1.807) is 6.92 Å². The molecule has 2 aliphatic rings. The first-order chi connectivity index (χ1) is 12.0. The van der Waals surface area contributed by atoms with Crippen molar-refractivity contribution >= 4 is 23.6 Å². The van der Waals surface area contributed by atoms with Crippen molar-refractivity contribution in [3.63, 3.8) is 0 Å². The summed E-state index contributed by atoms with van der Waals surface area (Å²) in [6.07, 6.45) is 3.02. The molecule has 0 aromatic heterocycles. The number of carboxylic acids is 1. The third kappa shape index (κ3) is 3.84. The van der Waals surface area contributed by atoms with E-state index in [0.29, 0.717) is 23.6 Å². The first-order valence-electron chi connectivity index (χ1n) is 8.64. The van der Waals surface area contributed by atoms with Crippen LogP contribution in [0.2, 0.25) is 0 Å². The second kappa shape index (κ2) is 8.70. The molecule has 0 saturated carbocycles. The van der Waals surface area contributed by atoms with E-state index in [1.807, 2.05) is 0 Å². The molecule has 1 saturated heterocycles.